The van der Waals surface area contributed by atoms with Crippen molar-refractivity contribution in [3.8, 4) is 5.75 Å². The molecule has 0 N–H and O–H groups in total. The van der Waals surface area contributed by atoms with E-state index in [1.807, 2.05) is 20.0 Å². The number of aryl methyl sites for hydroxylation is 2. The molecule has 0 aliphatic rings. The van der Waals surface area contributed by atoms with Crippen molar-refractivity contribution in [3.63, 3.8) is 0 Å². The predicted molar refractivity (Wildman–Crippen MR) is 82.6 cm³/mol. The summed E-state index contributed by atoms with van der Waals surface area (Å²) < 4.78 is 7.56. The highest BCUT2D eigenvalue weighted by Gasteiger charge is 2.12. The average molecular weight is 354 g/mol. The molecule has 0 unspecified atom stereocenters. The van der Waals surface area contributed by atoms with Gasteiger partial charge in [0.2, 0.25) is 0 Å². The molecule has 112 valence electrons. The largest absolute Gasteiger partial charge is 0.487 e. The summed E-state index contributed by atoms with van der Waals surface area (Å²) in [5.74, 6) is 0.636. The van der Waals surface area contributed by atoms with Crippen molar-refractivity contribution in [3.05, 3.63) is 51.3 Å². The SMILES string of the molecule is CCc1cc(COc2ccc([N+](=O)[O-])cc2CBr)n(C)n1. The van der Waals surface area contributed by atoms with Gasteiger partial charge in [-0.3, -0.25) is 14.8 Å². The Balaban J connectivity index is 2.15. The van der Waals surface area contributed by atoms with Gasteiger partial charge in [0.25, 0.3) is 5.69 Å². The molecule has 1 aromatic heterocycles. The maximum absolute atomic E-state index is 10.8. The van der Waals surface area contributed by atoms with E-state index in [2.05, 4.69) is 21.0 Å². The van der Waals surface area contributed by atoms with Gasteiger partial charge in [0.15, 0.2) is 0 Å². The first-order valence-corrected chi connectivity index (χ1v) is 7.65. The summed E-state index contributed by atoms with van der Waals surface area (Å²) in [4.78, 5) is 10.4. The van der Waals surface area contributed by atoms with E-state index < -0.39 is 4.92 Å². The van der Waals surface area contributed by atoms with Crippen LogP contribution in [0, 0.1) is 10.1 Å². The van der Waals surface area contributed by atoms with Gasteiger partial charge in [-0.2, -0.15) is 5.10 Å². The first kappa shape index (κ1) is 15.5. The summed E-state index contributed by atoms with van der Waals surface area (Å²) in [6.45, 7) is 2.42. The van der Waals surface area contributed by atoms with Crippen LogP contribution >= 0.6 is 15.9 Å². The molecular weight excluding hydrogens is 338 g/mol. The quantitative estimate of drug-likeness (QED) is 0.453. The fraction of sp³-hybridized carbons (Fsp3) is 0.357. The van der Waals surface area contributed by atoms with Crippen molar-refractivity contribution in [2.24, 2.45) is 7.05 Å². The lowest BCUT2D eigenvalue weighted by Crippen LogP contribution is -2.04. The van der Waals surface area contributed by atoms with Crippen LogP contribution in [0.2, 0.25) is 0 Å². The monoisotopic (exact) mass is 353 g/mol. The number of nitro benzene ring substituents is 1. The van der Waals surface area contributed by atoms with E-state index in [0.717, 1.165) is 23.4 Å². The number of aromatic nitrogens is 2. The number of rotatable bonds is 6. The molecule has 0 radical (unpaired) electrons. The zero-order chi connectivity index (χ0) is 15.4. The summed E-state index contributed by atoms with van der Waals surface area (Å²) in [7, 11) is 1.87. The topological polar surface area (TPSA) is 70.2 Å². The molecule has 0 atom stereocenters. The highest BCUT2D eigenvalue weighted by molar-refractivity contribution is 9.08. The molecule has 0 aliphatic carbocycles. The summed E-state index contributed by atoms with van der Waals surface area (Å²) in [5.41, 5.74) is 2.79. The van der Waals surface area contributed by atoms with Crippen LogP contribution in [0.25, 0.3) is 0 Å². The third-order valence-electron chi connectivity index (χ3n) is 3.16. The molecule has 0 saturated carbocycles. The zero-order valence-corrected chi connectivity index (χ0v) is 13.5. The van der Waals surface area contributed by atoms with Crippen LogP contribution in [0.4, 0.5) is 5.69 Å². The predicted octanol–water partition coefficient (Wildman–Crippen LogP) is 3.36. The second-order valence-electron chi connectivity index (χ2n) is 4.58. The van der Waals surface area contributed by atoms with Crippen LogP contribution in [0.3, 0.4) is 0 Å². The van der Waals surface area contributed by atoms with Crippen molar-refractivity contribution in [1.29, 1.82) is 0 Å². The maximum atomic E-state index is 10.8. The van der Waals surface area contributed by atoms with Gasteiger partial charge in [-0.05, 0) is 18.6 Å². The lowest BCUT2D eigenvalue weighted by molar-refractivity contribution is -0.384. The summed E-state index contributed by atoms with van der Waals surface area (Å²) in [6, 6.07) is 6.60. The fourth-order valence-corrected chi connectivity index (χ4v) is 2.39. The molecule has 21 heavy (non-hydrogen) atoms. The molecular formula is C14H16BrN3O3. The third-order valence-corrected chi connectivity index (χ3v) is 3.77. The Kier molecular flexibility index (Phi) is 4.95. The first-order chi connectivity index (χ1) is 10.0. The van der Waals surface area contributed by atoms with Crippen LogP contribution in [-0.2, 0) is 25.4 Å². The third kappa shape index (κ3) is 3.60. The minimum atomic E-state index is -0.412. The molecule has 2 rings (SSSR count). The number of hydrogen-bond acceptors (Lipinski definition) is 4. The highest BCUT2D eigenvalue weighted by atomic mass is 79.9. The lowest BCUT2D eigenvalue weighted by atomic mass is 10.2. The Morgan fingerprint density at radius 3 is 2.76 bits per heavy atom. The highest BCUT2D eigenvalue weighted by Crippen LogP contribution is 2.27. The number of halogens is 1. The van der Waals surface area contributed by atoms with Crippen LogP contribution < -0.4 is 4.74 Å². The molecule has 2 aromatic rings. The molecule has 1 heterocycles. The minimum Gasteiger partial charge on any atom is -0.487 e. The van der Waals surface area contributed by atoms with Crippen molar-refractivity contribution < 1.29 is 9.66 Å². The normalized spacial score (nSPS) is 10.6. The summed E-state index contributed by atoms with van der Waals surface area (Å²) in [6.07, 6.45) is 0.873. The molecule has 0 fully saturated rings. The van der Waals surface area contributed by atoms with Crippen molar-refractivity contribution in [2.75, 3.05) is 0 Å². The average Bonchev–Trinajstić information content (AvgIpc) is 2.85. The van der Waals surface area contributed by atoms with Crippen LogP contribution in [-0.4, -0.2) is 14.7 Å². The molecule has 0 spiro atoms. The Labute approximate surface area is 131 Å². The van der Waals surface area contributed by atoms with Gasteiger partial charge in [-0.1, -0.05) is 22.9 Å². The maximum Gasteiger partial charge on any atom is 0.270 e. The van der Waals surface area contributed by atoms with Crippen molar-refractivity contribution >= 4 is 21.6 Å². The van der Waals surface area contributed by atoms with Crippen molar-refractivity contribution in [2.45, 2.75) is 25.3 Å². The van der Waals surface area contributed by atoms with E-state index in [0.29, 0.717) is 17.7 Å². The van der Waals surface area contributed by atoms with E-state index in [-0.39, 0.29) is 5.69 Å². The van der Waals surface area contributed by atoms with Gasteiger partial charge in [-0.15, -0.1) is 0 Å². The smallest absolute Gasteiger partial charge is 0.270 e. The van der Waals surface area contributed by atoms with E-state index in [1.165, 1.54) is 12.1 Å². The summed E-state index contributed by atoms with van der Waals surface area (Å²) >= 11 is 3.33. The molecule has 7 heteroatoms. The second-order valence-corrected chi connectivity index (χ2v) is 5.14. The minimum absolute atomic E-state index is 0.0607. The van der Waals surface area contributed by atoms with E-state index in [1.54, 1.807) is 10.7 Å². The number of nitrogens with zero attached hydrogens (tertiary/aromatic N) is 3. The van der Waals surface area contributed by atoms with Gasteiger partial charge < -0.3 is 4.74 Å². The number of ether oxygens (including phenoxy) is 1. The van der Waals surface area contributed by atoms with Gasteiger partial charge in [-0.25, -0.2) is 0 Å². The van der Waals surface area contributed by atoms with Crippen LogP contribution in [0.1, 0.15) is 23.9 Å². The zero-order valence-electron chi connectivity index (χ0n) is 11.9. The molecule has 0 bridgehead atoms. The second kappa shape index (κ2) is 6.71. The van der Waals surface area contributed by atoms with Crippen LogP contribution in [0.5, 0.6) is 5.75 Å². The number of benzene rings is 1. The Morgan fingerprint density at radius 2 is 2.19 bits per heavy atom. The van der Waals surface area contributed by atoms with Gasteiger partial charge >= 0.3 is 0 Å². The molecule has 0 amide bonds. The number of alkyl halides is 1. The van der Waals surface area contributed by atoms with Crippen LogP contribution in [0.15, 0.2) is 24.3 Å². The van der Waals surface area contributed by atoms with Gasteiger partial charge in [0.05, 0.1) is 16.3 Å². The number of non-ortho nitro benzene ring substituents is 1. The standard InChI is InChI=1S/C14H16BrN3O3/c1-3-11-7-13(17(2)16-11)9-21-14-5-4-12(18(19)20)6-10(14)8-15/h4-7H,3,8-9H2,1-2H3. The lowest BCUT2D eigenvalue weighted by Gasteiger charge is -2.10. The number of nitro groups is 1. The van der Waals surface area contributed by atoms with E-state index in [9.17, 15) is 10.1 Å². The first-order valence-electron chi connectivity index (χ1n) is 6.53. The van der Waals surface area contributed by atoms with Gasteiger partial charge in [0.1, 0.15) is 12.4 Å². The summed E-state index contributed by atoms with van der Waals surface area (Å²) in [5, 5.41) is 15.6. The fourth-order valence-electron chi connectivity index (χ4n) is 1.96. The molecule has 6 nitrogen and oxygen atoms in total. The number of hydrogen-bond donors (Lipinski definition) is 0. The Hall–Kier alpha value is -1.89. The molecule has 0 saturated heterocycles. The van der Waals surface area contributed by atoms with E-state index >= 15 is 0 Å². The Bertz CT molecular complexity index is 655. The van der Waals surface area contributed by atoms with Gasteiger partial charge in [0, 0.05) is 30.1 Å². The Morgan fingerprint density at radius 1 is 1.43 bits per heavy atom. The van der Waals surface area contributed by atoms with Crippen molar-refractivity contribution in [1.82, 2.24) is 9.78 Å². The van der Waals surface area contributed by atoms with E-state index in [4.69, 9.17) is 4.74 Å². The molecule has 1 aromatic carbocycles. The molecule has 0 aliphatic heterocycles.